The Hall–Kier alpha value is -2.33. The first-order chi connectivity index (χ1) is 11.7. The number of carbonyl (C=O) groups is 2. The van der Waals surface area contributed by atoms with E-state index in [-0.39, 0.29) is 18.4 Å². The molecule has 0 radical (unpaired) electrons. The van der Waals surface area contributed by atoms with Crippen molar-refractivity contribution in [3.8, 4) is 0 Å². The van der Waals surface area contributed by atoms with Gasteiger partial charge in [0.1, 0.15) is 6.54 Å². The number of fused-ring (bicyclic) bond motifs is 1. The van der Waals surface area contributed by atoms with E-state index >= 15 is 0 Å². The Balaban J connectivity index is 1.83. The summed E-state index contributed by atoms with van der Waals surface area (Å²) in [5.74, 6) is -0.346. The van der Waals surface area contributed by atoms with Gasteiger partial charge in [0.25, 0.3) is 0 Å². The van der Waals surface area contributed by atoms with E-state index in [9.17, 15) is 9.59 Å². The summed E-state index contributed by atoms with van der Waals surface area (Å²) in [6.45, 7) is 7.67. The predicted molar refractivity (Wildman–Crippen MR) is 101 cm³/mol. The predicted octanol–water partition coefficient (Wildman–Crippen LogP) is 4.22. The van der Waals surface area contributed by atoms with Crippen molar-refractivity contribution in [3.05, 3.63) is 58.1 Å². The van der Waals surface area contributed by atoms with Crippen molar-refractivity contribution in [3.63, 3.8) is 0 Å². The molecule has 2 aromatic carbocycles. The molecular weight excluding hydrogens is 336 g/mol. The van der Waals surface area contributed by atoms with Crippen molar-refractivity contribution >= 4 is 34.8 Å². The summed E-state index contributed by atoms with van der Waals surface area (Å²) < 4.78 is 0. The smallest absolute Gasteiger partial charge is 0.244 e. The first-order valence-corrected chi connectivity index (χ1v) is 8.57. The van der Waals surface area contributed by atoms with Crippen molar-refractivity contribution in [1.82, 2.24) is 0 Å². The van der Waals surface area contributed by atoms with E-state index in [2.05, 4.69) is 5.32 Å². The second-order valence-corrected chi connectivity index (χ2v) is 7.48. The van der Waals surface area contributed by atoms with E-state index < -0.39 is 5.41 Å². The van der Waals surface area contributed by atoms with Crippen LogP contribution in [-0.2, 0) is 15.0 Å². The molecule has 0 fully saturated rings. The SMILES string of the molecule is Cc1ccc(NC(=O)CN2C(=O)C(C)(C)c3cc(C)ccc32)c(Cl)c1. The summed E-state index contributed by atoms with van der Waals surface area (Å²) in [7, 11) is 0. The maximum absolute atomic E-state index is 12.8. The lowest BCUT2D eigenvalue weighted by Crippen LogP contribution is -2.40. The van der Waals surface area contributed by atoms with Gasteiger partial charge in [-0.2, -0.15) is 0 Å². The van der Waals surface area contributed by atoms with Crippen molar-refractivity contribution < 1.29 is 9.59 Å². The molecule has 1 aliphatic rings. The summed E-state index contributed by atoms with van der Waals surface area (Å²) in [5.41, 5.74) is 3.78. The van der Waals surface area contributed by atoms with Gasteiger partial charge in [-0.1, -0.05) is 35.4 Å². The topological polar surface area (TPSA) is 49.4 Å². The van der Waals surface area contributed by atoms with Gasteiger partial charge in [-0.05, 0) is 57.0 Å². The molecule has 0 aliphatic carbocycles. The molecule has 1 aliphatic heterocycles. The van der Waals surface area contributed by atoms with Crippen LogP contribution >= 0.6 is 11.6 Å². The third-order valence-corrected chi connectivity index (χ3v) is 4.91. The molecule has 0 saturated carbocycles. The second kappa shape index (κ2) is 6.19. The fourth-order valence-electron chi connectivity index (χ4n) is 3.16. The minimum absolute atomic E-state index is 0.0392. The van der Waals surface area contributed by atoms with Gasteiger partial charge in [0.15, 0.2) is 0 Å². The molecule has 0 spiro atoms. The van der Waals surface area contributed by atoms with Crippen LogP contribution in [0.3, 0.4) is 0 Å². The van der Waals surface area contributed by atoms with Crippen LogP contribution in [0.5, 0.6) is 0 Å². The molecule has 4 nitrogen and oxygen atoms in total. The van der Waals surface area contributed by atoms with E-state index in [1.54, 1.807) is 17.0 Å². The lowest BCUT2D eigenvalue weighted by Gasteiger charge is -2.20. The number of amides is 2. The molecule has 0 atom stereocenters. The zero-order valence-electron chi connectivity index (χ0n) is 14.8. The number of benzene rings is 2. The molecule has 0 bridgehead atoms. The molecule has 0 aromatic heterocycles. The van der Waals surface area contributed by atoms with Crippen LogP contribution in [0.1, 0.15) is 30.5 Å². The van der Waals surface area contributed by atoms with Gasteiger partial charge in [-0.15, -0.1) is 0 Å². The Kier molecular flexibility index (Phi) is 4.33. The van der Waals surface area contributed by atoms with Gasteiger partial charge in [-0.25, -0.2) is 0 Å². The monoisotopic (exact) mass is 356 g/mol. The van der Waals surface area contributed by atoms with Crippen molar-refractivity contribution in [1.29, 1.82) is 0 Å². The highest BCUT2D eigenvalue weighted by Crippen LogP contribution is 2.41. The number of halogens is 1. The number of hydrogen-bond acceptors (Lipinski definition) is 2. The molecule has 2 aromatic rings. The van der Waals surface area contributed by atoms with Crippen LogP contribution in [-0.4, -0.2) is 18.4 Å². The number of aryl methyl sites for hydroxylation is 2. The van der Waals surface area contributed by atoms with E-state index in [4.69, 9.17) is 11.6 Å². The molecule has 0 saturated heterocycles. The normalized spacial score (nSPS) is 15.2. The fraction of sp³-hybridized carbons (Fsp3) is 0.300. The summed E-state index contributed by atoms with van der Waals surface area (Å²) in [6, 6.07) is 11.3. The van der Waals surface area contributed by atoms with Crippen LogP contribution in [0.25, 0.3) is 0 Å². The lowest BCUT2D eigenvalue weighted by atomic mass is 9.85. The van der Waals surface area contributed by atoms with Gasteiger partial charge in [0.2, 0.25) is 11.8 Å². The van der Waals surface area contributed by atoms with Gasteiger partial charge in [0, 0.05) is 5.69 Å². The quantitative estimate of drug-likeness (QED) is 0.895. The van der Waals surface area contributed by atoms with Crippen LogP contribution in [0, 0.1) is 13.8 Å². The summed E-state index contributed by atoms with van der Waals surface area (Å²) in [4.78, 5) is 26.8. The number of rotatable bonds is 3. The number of hydrogen-bond donors (Lipinski definition) is 1. The molecule has 1 N–H and O–H groups in total. The zero-order valence-corrected chi connectivity index (χ0v) is 15.6. The molecule has 5 heteroatoms. The lowest BCUT2D eigenvalue weighted by molar-refractivity contribution is -0.124. The number of carbonyl (C=O) groups excluding carboxylic acids is 2. The Morgan fingerprint density at radius 3 is 2.44 bits per heavy atom. The van der Waals surface area contributed by atoms with E-state index in [0.29, 0.717) is 10.7 Å². The average Bonchev–Trinajstić information content (AvgIpc) is 2.71. The van der Waals surface area contributed by atoms with Gasteiger partial charge >= 0.3 is 0 Å². The van der Waals surface area contributed by atoms with Crippen molar-refractivity contribution in [2.75, 3.05) is 16.8 Å². The van der Waals surface area contributed by atoms with Gasteiger partial charge in [-0.3, -0.25) is 9.59 Å². The number of anilines is 2. The summed E-state index contributed by atoms with van der Waals surface area (Å²) in [5, 5.41) is 3.27. The third-order valence-electron chi connectivity index (χ3n) is 4.60. The molecule has 1 heterocycles. The number of nitrogens with zero attached hydrogens (tertiary/aromatic N) is 1. The number of nitrogens with one attached hydrogen (secondary N) is 1. The van der Waals surface area contributed by atoms with Crippen LogP contribution in [0.2, 0.25) is 5.02 Å². The Bertz CT molecular complexity index is 874. The minimum atomic E-state index is -0.636. The second-order valence-electron chi connectivity index (χ2n) is 7.07. The Morgan fingerprint density at radius 2 is 1.76 bits per heavy atom. The van der Waals surface area contributed by atoms with Crippen molar-refractivity contribution in [2.45, 2.75) is 33.1 Å². The molecule has 2 amide bonds. The van der Waals surface area contributed by atoms with Gasteiger partial charge < -0.3 is 10.2 Å². The third kappa shape index (κ3) is 3.14. The largest absolute Gasteiger partial charge is 0.323 e. The van der Waals surface area contributed by atoms with Crippen LogP contribution in [0.4, 0.5) is 11.4 Å². The van der Waals surface area contributed by atoms with E-state index in [1.165, 1.54) is 0 Å². The van der Waals surface area contributed by atoms with Crippen molar-refractivity contribution in [2.24, 2.45) is 0 Å². The molecule has 0 unspecified atom stereocenters. The first-order valence-electron chi connectivity index (χ1n) is 8.19. The fourth-order valence-corrected chi connectivity index (χ4v) is 3.44. The maximum Gasteiger partial charge on any atom is 0.244 e. The summed E-state index contributed by atoms with van der Waals surface area (Å²) in [6.07, 6.45) is 0. The van der Waals surface area contributed by atoms with E-state index in [1.807, 2.05) is 52.0 Å². The average molecular weight is 357 g/mol. The highest BCUT2D eigenvalue weighted by molar-refractivity contribution is 6.33. The molecular formula is C20H21ClN2O2. The van der Waals surface area contributed by atoms with Crippen LogP contribution < -0.4 is 10.2 Å². The highest BCUT2D eigenvalue weighted by Gasteiger charge is 2.44. The van der Waals surface area contributed by atoms with Crippen LogP contribution in [0.15, 0.2) is 36.4 Å². The van der Waals surface area contributed by atoms with Gasteiger partial charge in [0.05, 0.1) is 16.1 Å². The Morgan fingerprint density at radius 1 is 1.12 bits per heavy atom. The molecule has 25 heavy (non-hydrogen) atoms. The Labute approximate surface area is 152 Å². The maximum atomic E-state index is 12.8. The molecule has 130 valence electrons. The minimum Gasteiger partial charge on any atom is -0.323 e. The molecule has 3 rings (SSSR count). The summed E-state index contributed by atoms with van der Waals surface area (Å²) >= 11 is 6.17. The van der Waals surface area contributed by atoms with E-state index in [0.717, 1.165) is 22.4 Å². The first kappa shape index (κ1) is 17.5. The zero-order chi connectivity index (χ0) is 18.4. The highest BCUT2D eigenvalue weighted by atomic mass is 35.5. The standard InChI is InChI=1S/C20H21ClN2O2/c1-12-6-8-17-14(9-12)20(3,4)19(25)23(17)11-18(24)22-16-7-5-13(2)10-15(16)21/h5-10H,11H2,1-4H3,(H,22,24).